The first-order valence-electron chi connectivity index (χ1n) is 8.22. The summed E-state index contributed by atoms with van der Waals surface area (Å²) in [7, 11) is 1.92. The summed E-state index contributed by atoms with van der Waals surface area (Å²) < 4.78 is 5.76. The van der Waals surface area contributed by atoms with Gasteiger partial charge in [0, 0.05) is 19.7 Å². The van der Waals surface area contributed by atoms with E-state index in [9.17, 15) is 9.90 Å². The number of pyridine rings is 1. The van der Waals surface area contributed by atoms with Crippen LogP contribution in [0.4, 0.5) is 11.5 Å². The third kappa shape index (κ3) is 4.86. The topological polar surface area (TPSA) is 82.8 Å². The molecule has 0 aliphatic carbocycles. The highest BCUT2D eigenvalue weighted by Gasteiger charge is 2.08. The van der Waals surface area contributed by atoms with E-state index in [1.54, 1.807) is 12.3 Å². The number of rotatable bonds is 7. The molecule has 0 bridgehead atoms. The summed E-state index contributed by atoms with van der Waals surface area (Å²) in [5, 5.41) is 9.64. The van der Waals surface area contributed by atoms with Gasteiger partial charge in [-0.1, -0.05) is 29.5 Å². The van der Waals surface area contributed by atoms with Gasteiger partial charge in [-0.2, -0.15) is 0 Å². The van der Waals surface area contributed by atoms with Crippen molar-refractivity contribution < 1.29 is 9.84 Å². The van der Waals surface area contributed by atoms with E-state index in [4.69, 9.17) is 11.3 Å². The standard InChI is InChI=1S/C19H18N4O3S/c1-20-14-5-8-17(21-12-14)23(2)9-10-26-15-6-3-13(4-7-15)11-16-18(24)22-19(25)27-16/h3-8,12,24H,9-11H2,2H3,(H,22,25). The molecule has 0 aliphatic heterocycles. The predicted octanol–water partition coefficient (Wildman–Crippen LogP) is 3.19. The van der Waals surface area contributed by atoms with Crippen LogP contribution < -0.4 is 14.5 Å². The number of benzene rings is 1. The van der Waals surface area contributed by atoms with Crippen LogP contribution in [0.3, 0.4) is 0 Å². The molecule has 0 saturated carbocycles. The van der Waals surface area contributed by atoms with Gasteiger partial charge in [-0.3, -0.25) is 14.8 Å². The lowest BCUT2D eigenvalue weighted by molar-refractivity contribution is 0.325. The van der Waals surface area contributed by atoms with Crippen LogP contribution >= 0.6 is 11.3 Å². The molecule has 0 fully saturated rings. The van der Waals surface area contributed by atoms with E-state index >= 15 is 0 Å². The summed E-state index contributed by atoms with van der Waals surface area (Å²) in [5.41, 5.74) is 1.50. The number of ether oxygens (including phenoxy) is 1. The first-order valence-corrected chi connectivity index (χ1v) is 9.04. The summed E-state index contributed by atoms with van der Waals surface area (Å²) in [5.74, 6) is 1.47. The second-order valence-electron chi connectivity index (χ2n) is 5.86. The molecule has 2 aromatic heterocycles. The van der Waals surface area contributed by atoms with Crippen molar-refractivity contribution in [2.75, 3.05) is 25.1 Å². The van der Waals surface area contributed by atoms with Crippen LogP contribution in [0.2, 0.25) is 0 Å². The van der Waals surface area contributed by atoms with E-state index in [0.29, 0.717) is 30.1 Å². The Bertz CT molecular complexity index is 988. The number of thiazole rings is 1. The number of aromatic nitrogens is 2. The largest absolute Gasteiger partial charge is 0.494 e. The van der Waals surface area contributed by atoms with Gasteiger partial charge in [0.15, 0.2) is 0 Å². The second kappa shape index (κ2) is 8.38. The van der Waals surface area contributed by atoms with Crippen molar-refractivity contribution in [1.29, 1.82) is 0 Å². The van der Waals surface area contributed by atoms with Crippen LogP contribution in [0.25, 0.3) is 4.85 Å². The SMILES string of the molecule is [C-]#[N+]c1ccc(N(C)CCOc2ccc(Cc3sc(=O)[nH]c3O)cc2)nc1. The Balaban J connectivity index is 1.50. The minimum Gasteiger partial charge on any atom is -0.494 e. The summed E-state index contributed by atoms with van der Waals surface area (Å²) >= 11 is 1.01. The summed E-state index contributed by atoms with van der Waals surface area (Å²) in [6, 6.07) is 11.1. The number of hydrogen-bond acceptors (Lipinski definition) is 6. The first kappa shape index (κ1) is 18.5. The Kier molecular flexibility index (Phi) is 5.74. The Morgan fingerprint density at radius 1 is 1.30 bits per heavy atom. The zero-order valence-corrected chi connectivity index (χ0v) is 15.5. The van der Waals surface area contributed by atoms with Crippen molar-refractivity contribution >= 4 is 22.8 Å². The van der Waals surface area contributed by atoms with E-state index in [1.807, 2.05) is 42.3 Å². The van der Waals surface area contributed by atoms with Crippen molar-refractivity contribution in [1.82, 2.24) is 9.97 Å². The van der Waals surface area contributed by atoms with E-state index in [1.165, 1.54) is 0 Å². The van der Waals surface area contributed by atoms with Crippen LogP contribution in [0.1, 0.15) is 10.4 Å². The lowest BCUT2D eigenvalue weighted by Gasteiger charge is -2.18. The highest BCUT2D eigenvalue weighted by molar-refractivity contribution is 7.09. The van der Waals surface area contributed by atoms with Crippen molar-refractivity contribution in [3.63, 3.8) is 0 Å². The van der Waals surface area contributed by atoms with Crippen molar-refractivity contribution in [2.24, 2.45) is 0 Å². The maximum absolute atomic E-state index is 11.2. The van der Waals surface area contributed by atoms with Gasteiger partial charge in [-0.15, -0.1) is 0 Å². The number of aromatic hydroxyl groups is 1. The molecule has 138 valence electrons. The molecule has 3 rings (SSSR count). The summed E-state index contributed by atoms with van der Waals surface area (Å²) in [4.78, 5) is 23.5. The molecule has 0 aliphatic rings. The second-order valence-corrected chi connectivity index (χ2v) is 6.93. The smallest absolute Gasteiger partial charge is 0.307 e. The van der Waals surface area contributed by atoms with Gasteiger partial charge < -0.3 is 14.7 Å². The lowest BCUT2D eigenvalue weighted by atomic mass is 10.1. The van der Waals surface area contributed by atoms with Crippen molar-refractivity contribution in [3.8, 4) is 11.6 Å². The summed E-state index contributed by atoms with van der Waals surface area (Å²) in [6.07, 6.45) is 2.04. The number of aromatic amines is 1. The molecular weight excluding hydrogens is 364 g/mol. The lowest BCUT2D eigenvalue weighted by Crippen LogP contribution is -2.24. The minimum atomic E-state index is -0.259. The molecule has 7 nitrogen and oxygen atoms in total. The fourth-order valence-corrected chi connectivity index (χ4v) is 3.20. The molecule has 1 aromatic carbocycles. The molecule has 0 atom stereocenters. The molecule has 2 N–H and O–H groups in total. The normalized spacial score (nSPS) is 10.4. The number of nitrogens with zero attached hydrogens (tertiary/aromatic N) is 3. The van der Waals surface area contributed by atoms with Crippen LogP contribution in [0, 0.1) is 6.57 Å². The molecular formula is C19H18N4O3S. The fraction of sp³-hybridized carbons (Fsp3) is 0.211. The Morgan fingerprint density at radius 2 is 2.07 bits per heavy atom. The highest BCUT2D eigenvalue weighted by Crippen LogP contribution is 2.22. The first-order chi connectivity index (χ1) is 13.0. The van der Waals surface area contributed by atoms with Gasteiger partial charge >= 0.3 is 4.87 Å². The summed E-state index contributed by atoms with van der Waals surface area (Å²) in [6.45, 7) is 8.08. The minimum absolute atomic E-state index is 0.0635. The molecule has 0 radical (unpaired) electrons. The maximum atomic E-state index is 11.2. The molecule has 0 unspecified atom stereocenters. The molecule has 8 heteroatoms. The number of H-pyrrole nitrogens is 1. The number of likely N-dealkylation sites (N-methyl/N-ethyl adjacent to an activating group) is 1. The van der Waals surface area contributed by atoms with Crippen molar-refractivity contribution in [2.45, 2.75) is 6.42 Å². The van der Waals surface area contributed by atoms with E-state index in [-0.39, 0.29) is 10.8 Å². The van der Waals surface area contributed by atoms with E-state index in [2.05, 4.69) is 14.8 Å². The predicted molar refractivity (Wildman–Crippen MR) is 105 cm³/mol. The van der Waals surface area contributed by atoms with E-state index in [0.717, 1.165) is 28.5 Å². The zero-order valence-electron chi connectivity index (χ0n) is 14.7. The van der Waals surface area contributed by atoms with Gasteiger partial charge in [0.1, 0.15) is 18.2 Å². The molecule has 3 aromatic rings. The van der Waals surface area contributed by atoms with E-state index < -0.39 is 0 Å². The van der Waals surface area contributed by atoms with Gasteiger partial charge in [0.05, 0.1) is 18.0 Å². The third-order valence-corrected chi connectivity index (χ3v) is 4.81. The monoisotopic (exact) mass is 382 g/mol. The van der Waals surface area contributed by atoms with Crippen LogP contribution in [-0.4, -0.2) is 35.3 Å². The van der Waals surface area contributed by atoms with Crippen LogP contribution in [0.5, 0.6) is 11.6 Å². The molecule has 0 saturated heterocycles. The van der Waals surface area contributed by atoms with Gasteiger partial charge in [-0.25, -0.2) is 4.85 Å². The number of nitrogens with one attached hydrogen (secondary N) is 1. The molecule has 27 heavy (non-hydrogen) atoms. The number of hydrogen-bond donors (Lipinski definition) is 2. The van der Waals surface area contributed by atoms with Crippen LogP contribution in [0.15, 0.2) is 47.4 Å². The Hall–Kier alpha value is -3.31. The van der Waals surface area contributed by atoms with Crippen molar-refractivity contribution in [3.05, 3.63) is 74.1 Å². The number of anilines is 1. The third-order valence-electron chi connectivity index (χ3n) is 3.94. The fourth-order valence-electron chi connectivity index (χ4n) is 2.45. The Morgan fingerprint density at radius 3 is 2.67 bits per heavy atom. The Labute approximate surface area is 160 Å². The average Bonchev–Trinajstić information content (AvgIpc) is 3.00. The maximum Gasteiger partial charge on any atom is 0.307 e. The average molecular weight is 382 g/mol. The van der Waals surface area contributed by atoms with Crippen LogP contribution in [-0.2, 0) is 6.42 Å². The molecule has 2 heterocycles. The van der Waals surface area contributed by atoms with Gasteiger partial charge in [-0.05, 0) is 23.8 Å². The quantitative estimate of drug-likeness (QED) is 0.613. The zero-order chi connectivity index (χ0) is 19.2. The van der Waals surface area contributed by atoms with Gasteiger partial charge in [0.25, 0.3) is 0 Å². The highest BCUT2D eigenvalue weighted by atomic mass is 32.1. The molecule has 0 spiro atoms. The molecule has 0 amide bonds. The van der Waals surface area contributed by atoms with Gasteiger partial charge in [0.2, 0.25) is 11.6 Å².